The van der Waals surface area contributed by atoms with Gasteiger partial charge in [-0.25, -0.2) is 9.59 Å². The molecule has 2 aliphatic rings. The molecule has 1 amide bonds. The van der Waals surface area contributed by atoms with Gasteiger partial charge >= 0.3 is 12.1 Å². The van der Waals surface area contributed by atoms with Crippen LogP contribution < -0.4 is 0 Å². The Kier molecular flexibility index (Phi) is 4.01. The number of hydrogen-bond acceptors (Lipinski definition) is 5. The van der Waals surface area contributed by atoms with Gasteiger partial charge in [0.15, 0.2) is 6.10 Å². The molecule has 0 spiro atoms. The highest BCUT2D eigenvalue weighted by atomic mass is 16.8. The maximum absolute atomic E-state index is 12.4. The summed E-state index contributed by atoms with van der Waals surface area (Å²) in [6.07, 6.45) is -2.38. The zero-order valence-electron chi connectivity index (χ0n) is 13.9. The van der Waals surface area contributed by atoms with Crippen LogP contribution in [0.1, 0.15) is 26.3 Å². The molecule has 2 saturated heterocycles. The number of benzene rings is 1. The first-order chi connectivity index (χ1) is 11.2. The van der Waals surface area contributed by atoms with Crippen LogP contribution in [0.5, 0.6) is 0 Å². The summed E-state index contributed by atoms with van der Waals surface area (Å²) in [5, 5.41) is 9.39. The van der Waals surface area contributed by atoms with Gasteiger partial charge < -0.3 is 19.3 Å². The second kappa shape index (κ2) is 5.75. The van der Waals surface area contributed by atoms with E-state index in [-0.39, 0.29) is 13.1 Å². The average Bonchev–Trinajstić information content (AvgIpc) is 2.78. The van der Waals surface area contributed by atoms with E-state index in [4.69, 9.17) is 14.2 Å². The molecule has 7 heteroatoms. The molecule has 1 N–H and O–H groups in total. The maximum Gasteiger partial charge on any atom is 0.410 e. The number of aliphatic carboxylic acids is 1. The number of rotatable bonds is 2. The molecule has 2 bridgehead atoms. The number of carboxylic acid groups (broad SMARTS) is 1. The third kappa shape index (κ3) is 3.09. The molecule has 0 radical (unpaired) electrons. The SMILES string of the molecule is CC(C)(C)OC(=O)N1C[C@@H]2O[C@](c3ccccc3)(C1)O[C@H]2C(=O)O. The van der Waals surface area contributed by atoms with Crippen molar-refractivity contribution in [2.45, 2.75) is 44.4 Å². The molecule has 1 aromatic carbocycles. The minimum absolute atomic E-state index is 0.0756. The summed E-state index contributed by atoms with van der Waals surface area (Å²) in [5.74, 6) is -2.40. The lowest BCUT2D eigenvalue weighted by molar-refractivity contribution is -0.214. The van der Waals surface area contributed by atoms with Gasteiger partial charge in [0.2, 0.25) is 5.79 Å². The lowest BCUT2D eigenvalue weighted by Gasteiger charge is -2.39. The smallest absolute Gasteiger partial charge is 0.410 e. The van der Waals surface area contributed by atoms with Gasteiger partial charge in [-0.3, -0.25) is 4.90 Å². The molecule has 24 heavy (non-hydrogen) atoms. The third-order valence-corrected chi connectivity index (χ3v) is 3.90. The van der Waals surface area contributed by atoms with Crippen molar-refractivity contribution in [2.24, 2.45) is 0 Å². The zero-order chi connectivity index (χ0) is 17.5. The predicted octanol–water partition coefficient (Wildman–Crippen LogP) is 1.96. The lowest BCUT2D eigenvalue weighted by Crippen LogP contribution is -2.53. The van der Waals surface area contributed by atoms with Gasteiger partial charge in [-0.05, 0) is 20.8 Å². The Labute approximate surface area is 140 Å². The molecule has 130 valence electrons. The number of carbonyl (C=O) groups is 2. The Bertz CT molecular complexity index is 640. The number of fused-ring (bicyclic) bond motifs is 2. The molecule has 1 aromatic rings. The number of ether oxygens (including phenoxy) is 3. The van der Waals surface area contributed by atoms with Gasteiger partial charge in [-0.1, -0.05) is 30.3 Å². The van der Waals surface area contributed by atoms with E-state index in [0.717, 1.165) is 0 Å². The molecule has 0 saturated carbocycles. The van der Waals surface area contributed by atoms with Crippen molar-refractivity contribution in [3.63, 3.8) is 0 Å². The third-order valence-electron chi connectivity index (χ3n) is 3.90. The standard InChI is InChI=1S/C17H21NO6/c1-16(2,3)24-15(21)18-9-12-13(14(19)20)23-17(10-18,22-12)11-7-5-4-6-8-11/h4-8,12-13H,9-10H2,1-3H3,(H,19,20)/t12-,13+,17+/m0/s1. The summed E-state index contributed by atoms with van der Waals surface area (Å²) in [5.41, 5.74) is 0.0357. The van der Waals surface area contributed by atoms with Gasteiger partial charge in [-0.2, -0.15) is 0 Å². The molecule has 2 aliphatic heterocycles. The normalized spacial score (nSPS) is 29.4. The summed E-state index contributed by atoms with van der Waals surface area (Å²) in [6.45, 7) is 5.53. The second-order valence-electron chi connectivity index (χ2n) is 7.01. The molecule has 0 aliphatic carbocycles. The number of nitrogens with zero attached hydrogens (tertiary/aromatic N) is 1. The fourth-order valence-corrected chi connectivity index (χ4v) is 2.95. The van der Waals surface area contributed by atoms with Crippen LogP contribution in [0.2, 0.25) is 0 Å². The first kappa shape index (κ1) is 16.7. The topological polar surface area (TPSA) is 85.3 Å². The summed E-state index contributed by atoms with van der Waals surface area (Å²) in [6, 6.07) is 9.05. The van der Waals surface area contributed by atoms with Crippen LogP contribution in [0.15, 0.2) is 30.3 Å². The van der Waals surface area contributed by atoms with Crippen molar-refractivity contribution in [1.29, 1.82) is 0 Å². The molecule has 2 heterocycles. The molecular weight excluding hydrogens is 314 g/mol. The molecule has 7 nitrogen and oxygen atoms in total. The van der Waals surface area contributed by atoms with Crippen LogP contribution >= 0.6 is 0 Å². The van der Waals surface area contributed by atoms with Gasteiger partial charge in [0, 0.05) is 5.56 Å². The second-order valence-corrected chi connectivity index (χ2v) is 7.01. The van der Waals surface area contributed by atoms with E-state index in [9.17, 15) is 14.7 Å². The quantitative estimate of drug-likeness (QED) is 0.889. The highest BCUT2D eigenvalue weighted by Gasteiger charge is 2.57. The van der Waals surface area contributed by atoms with Crippen LogP contribution in [0.3, 0.4) is 0 Å². The van der Waals surface area contributed by atoms with E-state index in [0.29, 0.717) is 5.56 Å². The molecule has 3 rings (SSSR count). The Morgan fingerprint density at radius 3 is 2.50 bits per heavy atom. The van der Waals surface area contributed by atoms with E-state index in [1.54, 1.807) is 32.9 Å². The van der Waals surface area contributed by atoms with E-state index in [1.807, 2.05) is 18.2 Å². The monoisotopic (exact) mass is 335 g/mol. The largest absolute Gasteiger partial charge is 0.479 e. The molecule has 3 atom stereocenters. The van der Waals surface area contributed by atoms with Crippen LogP contribution in [0.4, 0.5) is 4.79 Å². The van der Waals surface area contributed by atoms with Crippen molar-refractivity contribution < 1.29 is 28.9 Å². The first-order valence-electron chi connectivity index (χ1n) is 7.82. The summed E-state index contributed by atoms with van der Waals surface area (Å²) < 4.78 is 17.1. The Balaban J connectivity index is 1.90. The van der Waals surface area contributed by atoms with Gasteiger partial charge in [-0.15, -0.1) is 0 Å². The highest BCUT2D eigenvalue weighted by Crippen LogP contribution is 2.42. The average molecular weight is 335 g/mol. The van der Waals surface area contributed by atoms with Crippen LogP contribution in [0, 0.1) is 0 Å². The number of carbonyl (C=O) groups excluding carboxylic acids is 1. The molecular formula is C17H21NO6. The summed E-state index contributed by atoms with van der Waals surface area (Å²) >= 11 is 0. The summed E-state index contributed by atoms with van der Waals surface area (Å²) in [4.78, 5) is 25.4. The minimum atomic E-state index is -1.29. The fourth-order valence-electron chi connectivity index (χ4n) is 2.95. The van der Waals surface area contributed by atoms with Crippen LogP contribution in [-0.4, -0.2) is 53.0 Å². The highest BCUT2D eigenvalue weighted by molar-refractivity contribution is 5.74. The first-order valence-corrected chi connectivity index (χ1v) is 7.82. The van der Waals surface area contributed by atoms with E-state index in [1.165, 1.54) is 4.90 Å². The van der Waals surface area contributed by atoms with Crippen molar-refractivity contribution in [3.8, 4) is 0 Å². The molecule has 2 fully saturated rings. The van der Waals surface area contributed by atoms with Crippen LogP contribution in [-0.2, 0) is 24.8 Å². The predicted molar refractivity (Wildman–Crippen MR) is 83.3 cm³/mol. The maximum atomic E-state index is 12.4. The fraction of sp³-hybridized carbons (Fsp3) is 0.529. The van der Waals surface area contributed by atoms with E-state index in [2.05, 4.69) is 0 Å². The van der Waals surface area contributed by atoms with Gasteiger partial charge in [0.1, 0.15) is 11.7 Å². The Hall–Kier alpha value is -2.12. The van der Waals surface area contributed by atoms with Crippen molar-refractivity contribution in [3.05, 3.63) is 35.9 Å². The number of morpholine rings is 1. The summed E-state index contributed by atoms with van der Waals surface area (Å²) in [7, 11) is 0. The van der Waals surface area contributed by atoms with Crippen molar-refractivity contribution in [1.82, 2.24) is 4.90 Å². The Morgan fingerprint density at radius 1 is 1.25 bits per heavy atom. The zero-order valence-corrected chi connectivity index (χ0v) is 13.9. The minimum Gasteiger partial charge on any atom is -0.479 e. The number of hydrogen-bond donors (Lipinski definition) is 1. The molecule has 0 aromatic heterocycles. The van der Waals surface area contributed by atoms with Gasteiger partial charge in [0.25, 0.3) is 0 Å². The van der Waals surface area contributed by atoms with E-state index >= 15 is 0 Å². The molecule has 0 unspecified atom stereocenters. The van der Waals surface area contributed by atoms with Crippen molar-refractivity contribution in [2.75, 3.05) is 13.1 Å². The van der Waals surface area contributed by atoms with Crippen LogP contribution in [0.25, 0.3) is 0 Å². The lowest BCUT2D eigenvalue weighted by atomic mass is 10.0. The Morgan fingerprint density at radius 2 is 1.92 bits per heavy atom. The van der Waals surface area contributed by atoms with Crippen molar-refractivity contribution >= 4 is 12.1 Å². The van der Waals surface area contributed by atoms with E-state index < -0.39 is 35.7 Å². The number of carboxylic acids is 1. The number of amides is 1. The van der Waals surface area contributed by atoms with Gasteiger partial charge in [0.05, 0.1) is 13.1 Å².